The predicted molar refractivity (Wildman–Crippen MR) is 566 cm³/mol. The van der Waals surface area contributed by atoms with Crippen LogP contribution in [0.4, 0.5) is 0 Å². The highest BCUT2D eigenvalue weighted by Crippen LogP contribution is 2.62. The molecule has 2 unspecified atom stereocenters. The second kappa shape index (κ2) is 33.8. The van der Waals surface area contributed by atoms with Gasteiger partial charge in [-0.05, 0) is 308 Å². The molecule has 666 valence electrons. The van der Waals surface area contributed by atoms with Crippen LogP contribution in [0.5, 0.6) is 0 Å². The van der Waals surface area contributed by atoms with Gasteiger partial charge in [0.1, 0.15) is 28.2 Å². The summed E-state index contributed by atoms with van der Waals surface area (Å²) in [5, 5.41) is 0. The number of rotatable bonds is 8. The van der Waals surface area contributed by atoms with Gasteiger partial charge in [-0.25, -0.2) is 18.3 Å². The Morgan fingerprint density at radius 1 is 0.158 bits per heavy atom. The standard InChI is InChI=1S/3C34H28N.C33H26N/c1-21-10-4-5-11-25(21)31-20-23(16-17-35(31)3)24-18-22(2)32-30(19-24)33-26-12-6-8-14-28(26)34(32)29-15-9-7-13-27(29)33;1-21-10-4-5-11-24(21)32-19-23(16-17-35(32)3)29-20-31-30(18-22(29)2)33-25-12-6-8-14-27(25)34(31)28-15-9-7-13-26(28)33;1-21-12-14-28-30(18-21)33-26-10-6-7-11-27(26)34(28)31-19-23(13-15-29(31)33)24-16-17-35(3)32(20-24)25-9-5-4-8-22(25)2;1-21-9-3-4-10-24(21)31-20-23(17-18-34(31)2)22-15-16-29-30(19-22)33-27-13-7-5-11-25(27)32(29)26-12-6-8-14-28(26)33/h3*4-20,33-34H,1-3H3;3-20,32-33H,1-2H3/q4*+1/i3*33D,34D;32D,33D. The minimum absolute atomic E-state index is 0.915. The SMILES string of the molecule is [2H]C12c3ccccc3C([2H])(c3ccc(C)cc31)c1cc(-c3cc[n+](C)c(-c4ccccc4C)c3)ccc12.[2H]C12c3ccccc3C([2H])(c3ccccc31)c1c(C)cc(-c3cc[n+](C)c(-c4ccccc4C)c3)cc12.[2H]C12c3ccccc3C([2H])(c3ccccc31)c1cc(-c3cc[n+](C)c(-c4ccccc4C)c3)c(C)cc12.[2H]C12c3ccccc3C([2H])(c3ccccc31)c1cc(-c3cc[n+](C)c(-c4ccccc4C)c3)ccc12. The van der Waals surface area contributed by atoms with Gasteiger partial charge in [-0.1, -0.05) is 303 Å². The first-order valence-electron chi connectivity index (χ1n) is 52.6. The molecule has 16 aromatic carbocycles. The third kappa shape index (κ3) is 13.9. The van der Waals surface area contributed by atoms with Crippen molar-refractivity contribution in [2.24, 2.45) is 28.2 Å². The van der Waals surface area contributed by atoms with Crippen LogP contribution in [0.15, 0.2) is 419 Å². The summed E-state index contributed by atoms with van der Waals surface area (Å²) in [5.41, 5.74) is 48.8. The fraction of sp³-hybridized carbons (Fsp3) is 0.141. The molecule has 0 fully saturated rings. The van der Waals surface area contributed by atoms with Crippen LogP contribution >= 0.6 is 0 Å². The summed E-state index contributed by atoms with van der Waals surface area (Å²) < 4.78 is 88.3. The van der Waals surface area contributed by atoms with E-state index >= 15 is 0 Å². The van der Waals surface area contributed by atoms with Crippen LogP contribution < -0.4 is 18.3 Å². The molecule has 20 aromatic rings. The molecule has 2 atom stereocenters. The lowest BCUT2D eigenvalue weighted by Gasteiger charge is -2.43. The molecule has 0 radical (unpaired) electrons. The van der Waals surface area contributed by atoms with Gasteiger partial charge >= 0.3 is 0 Å². The number of hydrogen-bond acceptors (Lipinski definition) is 0. The topological polar surface area (TPSA) is 15.5 Å². The molecule has 0 N–H and O–H groups in total. The van der Waals surface area contributed by atoms with Gasteiger partial charge in [-0.3, -0.25) is 0 Å². The highest BCUT2D eigenvalue weighted by Gasteiger charge is 2.47. The molecule has 4 heteroatoms. The van der Waals surface area contributed by atoms with Crippen LogP contribution in [0.25, 0.3) is 89.5 Å². The molecule has 139 heavy (non-hydrogen) atoms. The van der Waals surface area contributed by atoms with Crippen LogP contribution in [0.1, 0.15) is 231 Å². The first kappa shape index (κ1) is 76.3. The smallest absolute Gasteiger partial charge is 0.201 e. The van der Waals surface area contributed by atoms with E-state index in [9.17, 15) is 11.0 Å². The predicted octanol–water partition coefficient (Wildman–Crippen LogP) is 29.5. The van der Waals surface area contributed by atoms with E-state index in [-0.39, 0.29) is 0 Å². The lowest BCUT2D eigenvalue weighted by Crippen LogP contribution is -2.30. The maximum atomic E-state index is 10.0. The Kier molecular flexibility index (Phi) is 18.6. The Balaban J connectivity index is 0.000000102. The monoisotopic (exact) mass is 1790 g/mol. The molecular weight excluding hydrogens is 1680 g/mol. The average Bonchev–Trinajstić information content (AvgIpc) is 0.661. The molecule has 0 saturated carbocycles. The fourth-order valence-corrected chi connectivity index (χ4v) is 23.7. The maximum Gasteiger partial charge on any atom is 0.213 e. The van der Waals surface area contributed by atoms with Crippen molar-refractivity contribution in [3.63, 3.8) is 0 Å². The summed E-state index contributed by atoms with van der Waals surface area (Å²) in [6.07, 6.45) is 8.45. The highest BCUT2D eigenvalue weighted by molar-refractivity contribution is 5.83. The molecule has 0 amide bonds. The summed E-state index contributed by atoms with van der Waals surface area (Å²) in [5.74, 6) is -8.28. The van der Waals surface area contributed by atoms with Crippen molar-refractivity contribution < 1.29 is 29.2 Å². The number of hydrogen-bond donors (Lipinski definition) is 0. The zero-order valence-corrected chi connectivity index (χ0v) is 80.1. The molecule has 0 saturated heterocycles. The lowest BCUT2D eigenvalue weighted by molar-refractivity contribution is -0.660. The quantitative estimate of drug-likeness (QED) is 0.135. The molecule has 0 spiro atoms. The first-order valence-corrected chi connectivity index (χ1v) is 48.6. The molecule has 12 aliphatic carbocycles. The van der Waals surface area contributed by atoms with E-state index in [4.69, 9.17) is 0 Å². The van der Waals surface area contributed by atoms with E-state index in [2.05, 4.69) is 344 Å². The van der Waals surface area contributed by atoms with E-state index < -0.39 is 47.2 Å². The third-order valence-corrected chi connectivity index (χ3v) is 30.4. The van der Waals surface area contributed by atoms with Crippen molar-refractivity contribution in [1.82, 2.24) is 0 Å². The third-order valence-electron chi connectivity index (χ3n) is 30.4. The number of aryl methyl sites for hydroxylation is 11. The Bertz CT molecular complexity index is 8810. The molecule has 32 rings (SSSR count). The van der Waals surface area contributed by atoms with Crippen molar-refractivity contribution in [2.75, 3.05) is 0 Å². The Morgan fingerprint density at radius 3 is 0.719 bits per heavy atom. The van der Waals surface area contributed by atoms with Gasteiger partial charge in [0.05, 0.1) is 0 Å². The molecule has 12 aliphatic rings. The molecule has 0 aliphatic heterocycles. The normalized spacial score (nSPS) is 22.1. The Morgan fingerprint density at radius 2 is 0.388 bits per heavy atom. The Labute approximate surface area is 828 Å². The van der Waals surface area contributed by atoms with Gasteiger partial charge in [-0.2, -0.15) is 0 Å². The van der Waals surface area contributed by atoms with Gasteiger partial charge < -0.3 is 0 Å². The van der Waals surface area contributed by atoms with Gasteiger partial charge in [0.2, 0.25) is 22.8 Å². The van der Waals surface area contributed by atoms with E-state index in [0.29, 0.717) is 0 Å². The second-order valence-corrected chi connectivity index (χ2v) is 38.7. The van der Waals surface area contributed by atoms with Gasteiger partial charge in [0.25, 0.3) is 0 Å². The number of pyridine rings is 4. The van der Waals surface area contributed by atoms with Gasteiger partial charge in [0.15, 0.2) is 24.8 Å². The first-order chi connectivity index (χ1) is 71.0. The minimum atomic E-state index is -1.05. The number of nitrogens with zero attached hydrogens (tertiary/aromatic N) is 4. The van der Waals surface area contributed by atoms with E-state index in [1.165, 1.54) is 44.5 Å². The molecular formula is C135H110N4+4. The van der Waals surface area contributed by atoms with E-state index in [1.54, 1.807) is 0 Å². The zero-order chi connectivity index (χ0) is 101. The molecule has 4 nitrogen and oxygen atoms in total. The van der Waals surface area contributed by atoms with Gasteiger partial charge in [0, 0.05) is 129 Å². The van der Waals surface area contributed by atoms with Crippen molar-refractivity contribution in [2.45, 2.75) is 95.6 Å². The Hall–Kier alpha value is -15.9. The summed E-state index contributed by atoms with van der Waals surface area (Å²) in [7, 11) is 8.32. The van der Waals surface area contributed by atoms with E-state index in [0.717, 1.165) is 217 Å². The van der Waals surface area contributed by atoms with E-state index in [1.807, 2.05) is 170 Å². The minimum Gasteiger partial charge on any atom is -0.201 e. The summed E-state index contributed by atoms with van der Waals surface area (Å²) in [4.78, 5) is 0. The lowest BCUT2D eigenvalue weighted by atomic mass is 9.60. The highest BCUT2D eigenvalue weighted by atomic mass is 14.9. The summed E-state index contributed by atoms with van der Waals surface area (Å²) in [6, 6.07) is 136. The fourth-order valence-electron chi connectivity index (χ4n) is 23.7. The number of aromatic nitrogens is 4. The molecule has 4 aromatic heterocycles. The van der Waals surface area contributed by atoms with Crippen molar-refractivity contribution in [3.8, 4) is 89.5 Å². The van der Waals surface area contributed by atoms with Crippen LogP contribution in [0.3, 0.4) is 0 Å². The van der Waals surface area contributed by atoms with Crippen molar-refractivity contribution in [3.05, 3.63) is 592 Å². The van der Waals surface area contributed by atoms with Crippen LogP contribution in [0.2, 0.25) is 0 Å². The van der Waals surface area contributed by atoms with Crippen molar-refractivity contribution >= 4 is 0 Å². The summed E-state index contributed by atoms with van der Waals surface area (Å²) in [6.45, 7) is 14.9. The van der Waals surface area contributed by atoms with Gasteiger partial charge in [-0.15, -0.1) is 0 Å². The van der Waals surface area contributed by atoms with Crippen molar-refractivity contribution in [1.29, 1.82) is 0 Å². The largest absolute Gasteiger partial charge is 0.213 e. The second-order valence-electron chi connectivity index (χ2n) is 38.7. The zero-order valence-electron chi connectivity index (χ0n) is 88.1. The summed E-state index contributed by atoms with van der Waals surface area (Å²) >= 11 is 0. The average molecular weight is 1800 g/mol. The van der Waals surface area contributed by atoms with Crippen LogP contribution in [-0.2, 0) is 28.2 Å². The number of benzene rings is 16. The molecule has 8 bridgehead atoms. The van der Waals surface area contributed by atoms with Crippen LogP contribution in [0, 0.1) is 48.5 Å². The molecule has 4 heterocycles. The van der Waals surface area contributed by atoms with Crippen LogP contribution in [-0.4, -0.2) is 0 Å². The maximum absolute atomic E-state index is 10.0.